The summed E-state index contributed by atoms with van der Waals surface area (Å²) in [4.78, 5) is 33.5. The van der Waals surface area contributed by atoms with E-state index in [1.165, 1.54) is 18.4 Å². The predicted octanol–water partition coefficient (Wildman–Crippen LogP) is 5.09. The van der Waals surface area contributed by atoms with Gasteiger partial charge in [0, 0.05) is 32.1 Å². The molecule has 4 rings (SSSR count). The lowest BCUT2D eigenvalue weighted by molar-refractivity contribution is -0.242. The molecule has 0 radical (unpaired) electrons. The molecule has 2 saturated heterocycles. The molecule has 0 bridgehead atoms. The molecule has 0 spiro atoms. The van der Waals surface area contributed by atoms with Crippen molar-refractivity contribution in [1.82, 2.24) is 14.9 Å². The molecule has 0 saturated carbocycles. The molecular weight excluding hydrogens is 507 g/mol. The van der Waals surface area contributed by atoms with Gasteiger partial charge in [0.05, 0.1) is 0 Å². The van der Waals surface area contributed by atoms with E-state index >= 15 is 0 Å². The van der Waals surface area contributed by atoms with Crippen molar-refractivity contribution in [2.45, 2.75) is 51.2 Å². The van der Waals surface area contributed by atoms with Crippen molar-refractivity contribution >= 4 is 11.9 Å². The monoisotopic (exact) mass is 545 g/mol. The minimum atomic E-state index is -5.03. The molecule has 0 atom stereocenters. The Morgan fingerprint density at radius 3 is 2.03 bits per heavy atom. The number of benzene rings is 2. The summed E-state index contributed by atoms with van der Waals surface area (Å²) >= 11 is 0. The quantitative estimate of drug-likeness (QED) is 0.416. The summed E-state index contributed by atoms with van der Waals surface area (Å²) in [6, 6.07) is 20.5. The number of hydroxylamine groups is 2. The second kappa shape index (κ2) is 13.9. The van der Waals surface area contributed by atoms with E-state index in [1.807, 2.05) is 35.2 Å². The summed E-state index contributed by atoms with van der Waals surface area (Å²) in [6.07, 6.45) is 0.0228. The zero-order chi connectivity index (χ0) is 27.7. The SMILES string of the molecule is O=C(C1CCN(OC(=O)C(F)(F)F)CC1)N(CCCN1CCC(Cc2ccccc2)CC1)Cc1ccccc1. The first kappa shape index (κ1) is 29.1. The molecule has 39 heavy (non-hydrogen) atoms. The zero-order valence-corrected chi connectivity index (χ0v) is 22.3. The number of carbonyl (C=O) groups excluding carboxylic acids is 2. The molecule has 212 valence electrons. The molecule has 6 nitrogen and oxygen atoms in total. The maximum atomic E-state index is 13.5. The first-order valence-corrected chi connectivity index (χ1v) is 13.9. The van der Waals surface area contributed by atoms with Gasteiger partial charge >= 0.3 is 12.1 Å². The fourth-order valence-corrected chi connectivity index (χ4v) is 5.54. The van der Waals surface area contributed by atoms with Gasteiger partial charge in [-0.2, -0.15) is 13.2 Å². The largest absolute Gasteiger partial charge is 0.492 e. The van der Waals surface area contributed by atoms with Crippen molar-refractivity contribution in [2.24, 2.45) is 11.8 Å². The number of halogens is 3. The van der Waals surface area contributed by atoms with Crippen molar-refractivity contribution in [1.29, 1.82) is 0 Å². The summed E-state index contributed by atoms with van der Waals surface area (Å²) < 4.78 is 37.6. The van der Waals surface area contributed by atoms with E-state index in [4.69, 9.17) is 0 Å². The first-order chi connectivity index (χ1) is 18.8. The van der Waals surface area contributed by atoms with Crippen molar-refractivity contribution in [3.8, 4) is 0 Å². The average Bonchev–Trinajstić information content (AvgIpc) is 2.94. The van der Waals surface area contributed by atoms with E-state index in [0.717, 1.165) is 43.1 Å². The molecule has 2 aliphatic heterocycles. The molecular formula is C30H38F3N3O3. The number of nitrogens with zero attached hydrogens (tertiary/aromatic N) is 3. The molecule has 9 heteroatoms. The normalized spacial score (nSPS) is 18.1. The van der Waals surface area contributed by atoms with Gasteiger partial charge in [0.25, 0.3) is 0 Å². The van der Waals surface area contributed by atoms with Gasteiger partial charge in [0.15, 0.2) is 0 Å². The number of carbonyl (C=O) groups is 2. The number of amides is 1. The third-order valence-electron chi connectivity index (χ3n) is 7.75. The second-order valence-electron chi connectivity index (χ2n) is 10.7. The van der Waals surface area contributed by atoms with Crippen molar-refractivity contribution < 1.29 is 27.6 Å². The molecule has 2 aromatic carbocycles. The van der Waals surface area contributed by atoms with Crippen LogP contribution in [-0.2, 0) is 27.4 Å². The number of hydrogen-bond donors (Lipinski definition) is 0. The lowest BCUT2D eigenvalue weighted by Crippen LogP contribution is -2.45. The molecule has 2 fully saturated rings. The second-order valence-corrected chi connectivity index (χ2v) is 10.7. The van der Waals surface area contributed by atoms with E-state index < -0.39 is 12.1 Å². The van der Waals surface area contributed by atoms with Crippen molar-refractivity contribution in [2.75, 3.05) is 39.3 Å². The summed E-state index contributed by atoms with van der Waals surface area (Å²) in [5, 5.41) is 1.02. The fourth-order valence-electron chi connectivity index (χ4n) is 5.54. The van der Waals surface area contributed by atoms with Crippen LogP contribution in [0.4, 0.5) is 13.2 Å². The van der Waals surface area contributed by atoms with E-state index in [9.17, 15) is 22.8 Å². The van der Waals surface area contributed by atoms with Crippen LogP contribution in [0.25, 0.3) is 0 Å². The van der Waals surface area contributed by atoms with Gasteiger partial charge < -0.3 is 14.6 Å². The number of alkyl halides is 3. The van der Waals surface area contributed by atoms with Gasteiger partial charge in [0.2, 0.25) is 5.91 Å². The smallest absolute Gasteiger partial charge is 0.361 e. The van der Waals surface area contributed by atoms with Crippen LogP contribution in [0.15, 0.2) is 60.7 Å². The highest BCUT2D eigenvalue weighted by Gasteiger charge is 2.43. The minimum Gasteiger partial charge on any atom is -0.361 e. The molecule has 0 unspecified atom stereocenters. The van der Waals surface area contributed by atoms with Gasteiger partial charge in [-0.05, 0) is 75.2 Å². The van der Waals surface area contributed by atoms with Gasteiger partial charge in [-0.3, -0.25) is 4.79 Å². The molecule has 2 aromatic rings. The highest BCUT2D eigenvalue weighted by atomic mass is 19.4. The molecule has 0 aliphatic carbocycles. The van der Waals surface area contributed by atoms with Gasteiger partial charge in [-0.15, -0.1) is 5.06 Å². The minimum absolute atomic E-state index is 0.0159. The molecule has 2 aliphatic rings. The first-order valence-electron chi connectivity index (χ1n) is 13.9. The third kappa shape index (κ3) is 9.07. The van der Waals surface area contributed by atoms with Gasteiger partial charge in [0.1, 0.15) is 0 Å². The van der Waals surface area contributed by atoms with E-state index in [-0.39, 0.29) is 24.9 Å². The Hall–Kier alpha value is -2.91. The number of hydrogen-bond acceptors (Lipinski definition) is 5. The summed E-state index contributed by atoms with van der Waals surface area (Å²) in [5.41, 5.74) is 2.44. The average molecular weight is 546 g/mol. The van der Waals surface area contributed by atoms with Crippen LogP contribution in [0.3, 0.4) is 0 Å². The van der Waals surface area contributed by atoms with Gasteiger partial charge in [-0.25, -0.2) is 4.79 Å². The standard InChI is InChI=1S/C30H38F3N3O3/c31-30(32,33)29(38)39-36-20-14-27(15-21-36)28(37)35(23-26-10-5-2-6-11-26)17-7-16-34-18-12-25(13-19-34)22-24-8-3-1-4-9-24/h1-6,8-11,25,27H,7,12-23H2. The summed E-state index contributed by atoms with van der Waals surface area (Å²) in [6.45, 7) is 4.41. The zero-order valence-electron chi connectivity index (χ0n) is 22.3. The van der Waals surface area contributed by atoms with Crippen LogP contribution in [0, 0.1) is 11.8 Å². The Morgan fingerprint density at radius 1 is 0.846 bits per heavy atom. The third-order valence-corrected chi connectivity index (χ3v) is 7.75. The molecule has 0 N–H and O–H groups in total. The maximum absolute atomic E-state index is 13.5. The Kier molecular flexibility index (Phi) is 10.4. The number of piperidine rings is 2. The topological polar surface area (TPSA) is 53.1 Å². The lowest BCUT2D eigenvalue weighted by atomic mass is 9.90. The fraction of sp³-hybridized carbons (Fsp3) is 0.533. The Morgan fingerprint density at radius 2 is 1.44 bits per heavy atom. The van der Waals surface area contributed by atoms with Gasteiger partial charge in [-0.1, -0.05) is 60.7 Å². The maximum Gasteiger partial charge on any atom is 0.492 e. The van der Waals surface area contributed by atoms with Crippen LogP contribution < -0.4 is 0 Å². The summed E-state index contributed by atoms with van der Waals surface area (Å²) in [7, 11) is 0. The van der Waals surface area contributed by atoms with Crippen molar-refractivity contribution in [3.05, 3.63) is 71.8 Å². The number of likely N-dealkylation sites (tertiary alicyclic amines) is 1. The van der Waals surface area contributed by atoms with E-state index in [1.54, 1.807) is 0 Å². The Labute approximate surface area is 228 Å². The highest BCUT2D eigenvalue weighted by Crippen LogP contribution is 2.25. The molecule has 0 aromatic heterocycles. The Balaban J connectivity index is 1.25. The van der Waals surface area contributed by atoms with Crippen LogP contribution in [-0.4, -0.2) is 72.2 Å². The number of rotatable bonds is 10. The van der Waals surface area contributed by atoms with E-state index in [0.29, 0.717) is 31.8 Å². The highest BCUT2D eigenvalue weighted by molar-refractivity contribution is 5.79. The Bertz CT molecular complexity index is 1040. The summed E-state index contributed by atoms with van der Waals surface area (Å²) in [5.74, 6) is -1.80. The lowest BCUT2D eigenvalue weighted by Gasteiger charge is -2.34. The van der Waals surface area contributed by atoms with Crippen molar-refractivity contribution in [3.63, 3.8) is 0 Å². The van der Waals surface area contributed by atoms with Crippen LogP contribution in [0.5, 0.6) is 0 Å². The van der Waals surface area contributed by atoms with E-state index in [2.05, 4.69) is 40.1 Å². The van der Waals surface area contributed by atoms with Crippen LogP contribution in [0.1, 0.15) is 43.2 Å². The molecule has 2 heterocycles. The van der Waals surface area contributed by atoms with Crippen LogP contribution >= 0.6 is 0 Å². The predicted molar refractivity (Wildman–Crippen MR) is 142 cm³/mol. The molecule has 1 amide bonds. The van der Waals surface area contributed by atoms with Crippen LogP contribution in [0.2, 0.25) is 0 Å².